The van der Waals surface area contributed by atoms with Crippen LogP contribution in [-0.2, 0) is 11.2 Å². The number of hydrogen-bond acceptors (Lipinski definition) is 3. The second-order valence-corrected chi connectivity index (χ2v) is 6.32. The Hall–Kier alpha value is -2.95. The van der Waals surface area contributed by atoms with Crippen LogP contribution in [-0.4, -0.2) is 32.5 Å². The maximum absolute atomic E-state index is 12.7. The van der Waals surface area contributed by atoms with Crippen molar-refractivity contribution in [2.75, 3.05) is 6.54 Å². The lowest BCUT2D eigenvalue weighted by molar-refractivity contribution is -0.131. The van der Waals surface area contributed by atoms with Gasteiger partial charge >= 0.3 is 0 Å². The van der Waals surface area contributed by atoms with Gasteiger partial charge < -0.3 is 4.90 Å². The predicted molar refractivity (Wildman–Crippen MR) is 95.7 cm³/mol. The number of rotatable bonds is 4. The van der Waals surface area contributed by atoms with Gasteiger partial charge in [-0.05, 0) is 18.4 Å². The second kappa shape index (κ2) is 6.89. The highest BCUT2D eigenvalue weighted by molar-refractivity contribution is 5.79. The van der Waals surface area contributed by atoms with Gasteiger partial charge in [-0.25, -0.2) is 4.98 Å². The van der Waals surface area contributed by atoms with Gasteiger partial charge in [0, 0.05) is 12.1 Å². The molecule has 1 aromatic heterocycles. The molecule has 126 valence electrons. The molecule has 5 heteroatoms. The summed E-state index contributed by atoms with van der Waals surface area (Å²) in [7, 11) is 0. The molecule has 1 aliphatic heterocycles. The zero-order valence-corrected chi connectivity index (χ0v) is 13.9. The summed E-state index contributed by atoms with van der Waals surface area (Å²) in [6, 6.07) is 19.7. The summed E-state index contributed by atoms with van der Waals surface area (Å²) in [6.45, 7) is 0.775. The van der Waals surface area contributed by atoms with E-state index in [2.05, 4.69) is 15.2 Å². The van der Waals surface area contributed by atoms with Crippen LogP contribution in [0.15, 0.2) is 60.7 Å². The van der Waals surface area contributed by atoms with Crippen LogP contribution in [0.25, 0.3) is 11.4 Å². The number of nitrogens with zero attached hydrogens (tertiary/aromatic N) is 3. The summed E-state index contributed by atoms with van der Waals surface area (Å²) in [5.74, 6) is 1.60. The molecule has 4 rings (SSSR count). The lowest BCUT2D eigenvalue weighted by Gasteiger charge is -2.23. The van der Waals surface area contributed by atoms with Crippen LogP contribution in [0.5, 0.6) is 0 Å². The molecule has 0 spiro atoms. The summed E-state index contributed by atoms with van der Waals surface area (Å²) in [5.41, 5.74) is 2.02. The highest BCUT2D eigenvalue weighted by atomic mass is 16.2. The number of nitrogens with one attached hydrogen (secondary N) is 1. The van der Waals surface area contributed by atoms with Crippen molar-refractivity contribution in [1.29, 1.82) is 0 Å². The van der Waals surface area contributed by atoms with Gasteiger partial charge in [0.25, 0.3) is 0 Å². The summed E-state index contributed by atoms with van der Waals surface area (Å²) < 4.78 is 0. The van der Waals surface area contributed by atoms with Gasteiger partial charge in [-0.3, -0.25) is 9.89 Å². The number of aromatic nitrogens is 3. The molecule has 0 radical (unpaired) electrons. The number of hydrogen-bond donors (Lipinski definition) is 1. The van der Waals surface area contributed by atoms with E-state index >= 15 is 0 Å². The van der Waals surface area contributed by atoms with Gasteiger partial charge in [-0.15, -0.1) is 0 Å². The lowest BCUT2D eigenvalue weighted by atomic mass is 10.1. The molecule has 0 unspecified atom stereocenters. The van der Waals surface area contributed by atoms with Crippen LogP contribution in [0.1, 0.15) is 30.3 Å². The van der Waals surface area contributed by atoms with Crippen LogP contribution in [0.2, 0.25) is 0 Å². The van der Waals surface area contributed by atoms with E-state index in [0.29, 0.717) is 12.2 Å². The molecular weight excluding hydrogens is 312 g/mol. The lowest BCUT2D eigenvalue weighted by Crippen LogP contribution is -2.32. The van der Waals surface area contributed by atoms with Crippen LogP contribution < -0.4 is 0 Å². The molecule has 2 aromatic carbocycles. The minimum atomic E-state index is -0.0128. The van der Waals surface area contributed by atoms with Gasteiger partial charge in [0.1, 0.15) is 5.82 Å². The molecule has 1 fully saturated rings. The SMILES string of the molecule is O=C(Cc1ccccc1)N1CCC[C@H]1c1nc(-c2ccccc2)n[nH]1. The number of amides is 1. The van der Waals surface area contributed by atoms with Gasteiger partial charge in [-0.1, -0.05) is 60.7 Å². The molecule has 5 nitrogen and oxygen atoms in total. The Bertz CT molecular complexity index is 844. The van der Waals surface area contributed by atoms with Crippen molar-refractivity contribution in [3.8, 4) is 11.4 Å². The standard InChI is InChI=1S/C20H20N4O/c25-18(14-15-8-3-1-4-9-15)24-13-7-12-17(24)20-21-19(22-23-20)16-10-5-2-6-11-16/h1-6,8-11,17H,7,12-14H2,(H,21,22,23)/t17-/m0/s1. The molecule has 0 aliphatic carbocycles. The number of likely N-dealkylation sites (tertiary alicyclic amines) is 1. The Kier molecular flexibility index (Phi) is 4.29. The fraction of sp³-hybridized carbons (Fsp3) is 0.250. The zero-order chi connectivity index (χ0) is 17.1. The van der Waals surface area contributed by atoms with E-state index in [1.807, 2.05) is 65.6 Å². The number of aromatic amines is 1. The third-order valence-electron chi connectivity index (χ3n) is 4.62. The van der Waals surface area contributed by atoms with Gasteiger partial charge in [0.15, 0.2) is 5.82 Å². The van der Waals surface area contributed by atoms with Gasteiger partial charge in [0.2, 0.25) is 5.91 Å². The van der Waals surface area contributed by atoms with Crippen LogP contribution >= 0.6 is 0 Å². The van der Waals surface area contributed by atoms with E-state index in [-0.39, 0.29) is 11.9 Å². The second-order valence-electron chi connectivity index (χ2n) is 6.32. The van der Waals surface area contributed by atoms with E-state index in [1.54, 1.807) is 0 Å². The highest BCUT2D eigenvalue weighted by Crippen LogP contribution is 2.31. The maximum atomic E-state index is 12.7. The fourth-order valence-electron chi connectivity index (χ4n) is 3.36. The molecule has 0 bridgehead atoms. The van der Waals surface area contributed by atoms with Crippen LogP contribution in [0, 0.1) is 0 Å². The van der Waals surface area contributed by atoms with E-state index < -0.39 is 0 Å². The van der Waals surface area contributed by atoms with Crippen molar-refractivity contribution in [1.82, 2.24) is 20.1 Å². The van der Waals surface area contributed by atoms with Crippen LogP contribution in [0.3, 0.4) is 0 Å². The average molecular weight is 332 g/mol. The summed E-state index contributed by atoms with van der Waals surface area (Å²) >= 11 is 0. The topological polar surface area (TPSA) is 61.9 Å². The van der Waals surface area contributed by atoms with Gasteiger partial charge in [-0.2, -0.15) is 5.10 Å². The monoisotopic (exact) mass is 332 g/mol. The maximum Gasteiger partial charge on any atom is 0.227 e. The molecule has 1 N–H and O–H groups in total. The van der Waals surface area contributed by atoms with Crippen molar-refractivity contribution >= 4 is 5.91 Å². The normalized spacial score (nSPS) is 17.0. The molecule has 25 heavy (non-hydrogen) atoms. The predicted octanol–water partition coefficient (Wildman–Crippen LogP) is 3.38. The van der Waals surface area contributed by atoms with Crippen molar-refractivity contribution in [3.63, 3.8) is 0 Å². The zero-order valence-electron chi connectivity index (χ0n) is 13.9. The summed E-state index contributed by atoms with van der Waals surface area (Å²) in [5, 5.41) is 7.37. The number of benzene rings is 2. The average Bonchev–Trinajstić information content (AvgIpc) is 3.32. The summed E-state index contributed by atoms with van der Waals surface area (Å²) in [6.07, 6.45) is 2.34. The van der Waals surface area contributed by atoms with Crippen molar-refractivity contribution in [3.05, 3.63) is 72.1 Å². The Morgan fingerprint density at radius 3 is 2.56 bits per heavy atom. The Labute approximate surface area is 146 Å². The molecule has 2 heterocycles. The highest BCUT2D eigenvalue weighted by Gasteiger charge is 2.32. The third-order valence-corrected chi connectivity index (χ3v) is 4.62. The quantitative estimate of drug-likeness (QED) is 0.797. The first kappa shape index (κ1) is 15.6. The smallest absolute Gasteiger partial charge is 0.227 e. The van der Waals surface area contributed by atoms with E-state index in [4.69, 9.17) is 0 Å². The Morgan fingerprint density at radius 1 is 1.08 bits per heavy atom. The molecule has 1 saturated heterocycles. The first-order chi connectivity index (χ1) is 12.3. The molecule has 1 amide bonds. The fourth-order valence-corrected chi connectivity index (χ4v) is 3.36. The Morgan fingerprint density at radius 2 is 1.80 bits per heavy atom. The Balaban J connectivity index is 1.52. The van der Waals surface area contributed by atoms with E-state index in [1.165, 1.54) is 0 Å². The minimum Gasteiger partial charge on any atom is -0.332 e. The summed E-state index contributed by atoms with van der Waals surface area (Å²) in [4.78, 5) is 19.3. The van der Waals surface area contributed by atoms with Crippen molar-refractivity contribution in [2.24, 2.45) is 0 Å². The van der Waals surface area contributed by atoms with Crippen molar-refractivity contribution in [2.45, 2.75) is 25.3 Å². The first-order valence-corrected chi connectivity index (χ1v) is 8.62. The number of H-pyrrole nitrogens is 1. The first-order valence-electron chi connectivity index (χ1n) is 8.62. The minimum absolute atomic E-state index is 0.0128. The van der Waals surface area contributed by atoms with E-state index in [9.17, 15) is 4.79 Å². The largest absolute Gasteiger partial charge is 0.332 e. The van der Waals surface area contributed by atoms with Crippen LogP contribution in [0.4, 0.5) is 0 Å². The van der Waals surface area contributed by atoms with Crippen molar-refractivity contribution < 1.29 is 4.79 Å². The molecule has 3 aromatic rings. The van der Waals surface area contributed by atoms with Gasteiger partial charge in [0.05, 0.1) is 12.5 Å². The molecular formula is C20H20N4O. The molecule has 1 atom stereocenters. The van der Waals surface area contributed by atoms with E-state index in [0.717, 1.165) is 36.3 Å². The third kappa shape index (κ3) is 3.31. The molecule has 0 saturated carbocycles. The molecule has 1 aliphatic rings. The number of carbonyl (C=O) groups is 1. The number of carbonyl (C=O) groups excluding carboxylic acids is 1.